The molecule has 0 radical (unpaired) electrons. The molecule has 1 aliphatic heterocycles. The lowest BCUT2D eigenvalue weighted by Crippen LogP contribution is -2.48. The van der Waals surface area contributed by atoms with Crippen molar-refractivity contribution in [3.63, 3.8) is 0 Å². The Kier molecular flexibility index (Phi) is 3.93. The molecular formula is C17H20N4O2. The molecule has 4 rings (SSSR count). The van der Waals surface area contributed by atoms with Crippen molar-refractivity contribution >= 4 is 0 Å². The second-order valence-electron chi connectivity index (χ2n) is 6.24. The van der Waals surface area contributed by atoms with E-state index in [1.807, 2.05) is 12.1 Å². The molecule has 1 aliphatic carbocycles. The maximum atomic E-state index is 12.3. The van der Waals surface area contributed by atoms with Gasteiger partial charge in [-0.2, -0.15) is 5.10 Å². The van der Waals surface area contributed by atoms with E-state index in [-0.39, 0.29) is 17.6 Å². The van der Waals surface area contributed by atoms with Gasteiger partial charge < -0.3 is 10.1 Å². The molecule has 1 saturated heterocycles. The van der Waals surface area contributed by atoms with E-state index in [0.717, 1.165) is 11.3 Å². The van der Waals surface area contributed by atoms with E-state index in [1.54, 1.807) is 29.2 Å². The van der Waals surface area contributed by atoms with E-state index < -0.39 is 0 Å². The fourth-order valence-electron chi connectivity index (χ4n) is 3.16. The zero-order chi connectivity index (χ0) is 15.6. The quantitative estimate of drug-likeness (QED) is 0.924. The van der Waals surface area contributed by atoms with E-state index >= 15 is 0 Å². The smallest absolute Gasteiger partial charge is 0.267 e. The molecule has 3 heterocycles. The highest BCUT2D eigenvalue weighted by atomic mass is 16.5. The molecule has 6 nitrogen and oxygen atoms in total. The van der Waals surface area contributed by atoms with E-state index in [4.69, 9.17) is 4.74 Å². The molecule has 2 aliphatic rings. The molecule has 1 N–H and O–H groups in total. The average molecular weight is 312 g/mol. The second kappa shape index (κ2) is 6.22. The Labute approximate surface area is 134 Å². The standard InChI is InChI=1S/C17H20N4O2/c22-17-5-4-14(12-6-8-18-9-7-12)20-21(17)16-11-23-10-15(16)19-13-2-1-3-13/h4-9,13,15-16,19H,1-3,10-11H2. The van der Waals surface area contributed by atoms with Crippen LogP contribution in [0.1, 0.15) is 25.3 Å². The third-order valence-corrected chi connectivity index (χ3v) is 4.72. The van der Waals surface area contributed by atoms with Gasteiger partial charge in [-0.3, -0.25) is 9.78 Å². The van der Waals surface area contributed by atoms with Gasteiger partial charge in [0.05, 0.1) is 31.0 Å². The van der Waals surface area contributed by atoms with Crippen LogP contribution in [-0.4, -0.2) is 40.1 Å². The molecule has 2 fully saturated rings. The first-order valence-corrected chi connectivity index (χ1v) is 8.15. The summed E-state index contributed by atoms with van der Waals surface area (Å²) in [6.07, 6.45) is 7.16. The van der Waals surface area contributed by atoms with E-state index in [9.17, 15) is 4.79 Å². The number of aromatic nitrogens is 3. The summed E-state index contributed by atoms with van der Waals surface area (Å²) in [7, 11) is 0. The summed E-state index contributed by atoms with van der Waals surface area (Å²) in [5, 5.41) is 8.20. The molecule has 6 heteroatoms. The number of nitrogens with one attached hydrogen (secondary N) is 1. The van der Waals surface area contributed by atoms with Gasteiger partial charge in [-0.05, 0) is 31.0 Å². The van der Waals surface area contributed by atoms with Crippen LogP contribution in [0, 0.1) is 0 Å². The lowest BCUT2D eigenvalue weighted by molar-refractivity contribution is 0.178. The van der Waals surface area contributed by atoms with E-state index in [2.05, 4.69) is 15.4 Å². The summed E-state index contributed by atoms with van der Waals surface area (Å²) in [5.41, 5.74) is 1.65. The summed E-state index contributed by atoms with van der Waals surface area (Å²) in [6.45, 7) is 1.16. The van der Waals surface area contributed by atoms with Crippen LogP contribution in [0.15, 0.2) is 41.5 Å². The monoisotopic (exact) mass is 312 g/mol. The van der Waals surface area contributed by atoms with E-state index in [1.165, 1.54) is 19.3 Å². The SMILES string of the molecule is O=c1ccc(-c2ccncc2)nn1C1COCC1NC1CCC1. The third-order valence-electron chi connectivity index (χ3n) is 4.72. The maximum absolute atomic E-state index is 12.3. The summed E-state index contributed by atoms with van der Waals surface area (Å²) in [4.78, 5) is 16.3. The van der Waals surface area contributed by atoms with Gasteiger partial charge in [0.25, 0.3) is 5.56 Å². The predicted molar refractivity (Wildman–Crippen MR) is 86.1 cm³/mol. The first-order valence-electron chi connectivity index (χ1n) is 8.15. The molecule has 2 aromatic rings. The van der Waals surface area contributed by atoms with Crippen molar-refractivity contribution in [2.45, 2.75) is 37.4 Å². The lowest BCUT2D eigenvalue weighted by Gasteiger charge is -2.31. The summed E-state index contributed by atoms with van der Waals surface area (Å²) in [6, 6.07) is 7.80. The summed E-state index contributed by atoms with van der Waals surface area (Å²) in [5.74, 6) is 0. The minimum absolute atomic E-state index is 0.0510. The molecule has 0 spiro atoms. The normalized spacial score (nSPS) is 24.5. The largest absolute Gasteiger partial charge is 0.377 e. The van der Waals surface area contributed by atoms with Crippen molar-refractivity contribution in [2.75, 3.05) is 13.2 Å². The van der Waals surface area contributed by atoms with Crippen molar-refractivity contribution in [3.05, 3.63) is 47.0 Å². The van der Waals surface area contributed by atoms with Gasteiger partial charge in [0, 0.05) is 30.1 Å². The van der Waals surface area contributed by atoms with Crippen LogP contribution < -0.4 is 10.9 Å². The fraction of sp³-hybridized carbons (Fsp3) is 0.471. The molecule has 0 amide bonds. The summed E-state index contributed by atoms with van der Waals surface area (Å²) >= 11 is 0. The van der Waals surface area contributed by atoms with Crippen molar-refractivity contribution in [1.82, 2.24) is 20.1 Å². The molecule has 23 heavy (non-hydrogen) atoms. The van der Waals surface area contributed by atoms with Gasteiger partial charge in [-0.1, -0.05) is 6.42 Å². The van der Waals surface area contributed by atoms with Gasteiger partial charge in [-0.25, -0.2) is 4.68 Å². The average Bonchev–Trinajstić information content (AvgIpc) is 3.00. The Morgan fingerprint density at radius 3 is 2.70 bits per heavy atom. The number of nitrogens with zero attached hydrogens (tertiary/aromatic N) is 3. The minimum atomic E-state index is -0.0845. The Bertz CT molecular complexity index is 727. The maximum Gasteiger partial charge on any atom is 0.267 e. The van der Waals surface area contributed by atoms with E-state index in [0.29, 0.717) is 19.3 Å². The molecule has 1 saturated carbocycles. The van der Waals surface area contributed by atoms with Gasteiger partial charge >= 0.3 is 0 Å². The molecule has 2 aromatic heterocycles. The molecule has 0 aromatic carbocycles. The van der Waals surface area contributed by atoms with Crippen LogP contribution in [0.25, 0.3) is 11.3 Å². The zero-order valence-electron chi connectivity index (χ0n) is 12.9. The van der Waals surface area contributed by atoms with Crippen LogP contribution in [0.2, 0.25) is 0 Å². The van der Waals surface area contributed by atoms with Crippen LogP contribution >= 0.6 is 0 Å². The minimum Gasteiger partial charge on any atom is -0.377 e. The molecular weight excluding hydrogens is 292 g/mol. The fourth-order valence-corrected chi connectivity index (χ4v) is 3.16. The van der Waals surface area contributed by atoms with Crippen molar-refractivity contribution in [1.29, 1.82) is 0 Å². The highest BCUT2D eigenvalue weighted by Gasteiger charge is 2.34. The highest BCUT2D eigenvalue weighted by Crippen LogP contribution is 2.24. The highest BCUT2D eigenvalue weighted by molar-refractivity contribution is 5.57. The van der Waals surface area contributed by atoms with Gasteiger partial charge in [0.1, 0.15) is 0 Å². The molecule has 0 bridgehead atoms. The van der Waals surface area contributed by atoms with Crippen molar-refractivity contribution in [2.24, 2.45) is 0 Å². The number of hydrogen-bond donors (Lipinski definition) is 1. The van der Waals surface area contributed by atoms with Crippen LogP contribution in [-0.2, 0) is 4.74 Å². The Morgan fingerprint density at radius 1 is 1.13 bits per heavy atom. The first kappa shape index (κ1) is 14.5. The first-order chi connectivity index (χ1) is 11.3. The Hall–Kier alpha value is -2.05. The number of rotatable bonds is 4. The predicted octanol–water partition coefficient (Wildman–Crippen LogP) is 1.39. The summed E-state index contributed by atoms with van der Waals surface area (Å²) < 4.78 is 7.20. The van der Waals surface area contributed by atoms with Crippen molar-refractivity contribution < 1.29 is 4.74 Å². The number of hydrogen-bond acceptors (Lipinski definition) is 5. The number of ether oxygens (including phenoxy) is 1. The lowest BCUT2D eigenvalue weighted by atomic mass is 9.92. The Morgan fingerprint density at radius 2 is 1.96 bits per heavy atom. The van der Waals surface area contributed by atoms with Gasteiger partial charge in [0.15, 0.2) is 0 Å². The second-order valence-corrected chi connectivity index (χ2v) is 6.24. The van der Waals surface area contributed by atoms with Crippen LogP contribution in [0.4, 0.5) is 0 Å². The molecule has 2 atom stereocenters. The van der Waals surface area contributed by atoms with Crippen LogP contribution in [0.3, 0.4) is 0 Å². The third kappa shape index (κ3) is 2.92. The topological polar surface area (TPSA) is 69.0 Å². The van der Waals surface area contributed by atoms with Gasteiger partial charge in [0.2, 0.25) is 0 Å². The Balaban J connectivity index is 1.63. The van der Waals surface area contributed by atoms with Gasteiger partial charge in [-0.15, -0.1) is 0 Å². The zero-order valence-corrected chi connectivity index (χ0v) is 12.9. The molecule has 120 valence electrons. The molecule has 2 unspecified atom stereocenters. The van der Waals surface area contributed by atoms with Crippen LogP contribution in [0.5, 0.6) is 0 Å². The number of pyridine rings is 1. The van der Waals surface area contributed by atoms with Crippen molar-refractivity contribution in [3.8, 4) is 11.3 Å².